The molecule has 0 atom stereocenters. The Balaban J connectivity index is 1.64. The average molecular weight is 396 g/mol. The van der Waals surface area contributed by atoms with Crippen LogP contribution < -0.4 is 5.32 Å². The maximum Gasteiger partial charge on any atom is 0.282 e. The van der Waals surface area contributed by atoms with E-state index in [-0.39, 0.29) is 11.3 Å². The van der Waals surface area contributed by atoms with Gasteiger partial charge in [-0.25, -0.2) is 4.98 Å². The van der Waals surface area contributed by atoms with Crippen LogP contribution in [0.5, 0.6) is 0 Å². The van der Waals surface area contributed by atoms with Gasteiger partial charge in [-0.15, -0.1) is 11.8 Å². The first kappa shape index (κ1) is 19.6. The summed E-state index contributed by atoms with van der Waals surface area (Å²) in [5, 5.41) is 14.0. The van der Waals surface area contributed by atoms with Gasteiger partial charge in [0.2, 0.25) is 0 Å². The average Bonchev–Trinajstić information content (AvgIpc) is 3.15. The van der Waals surface area contributed by atoms with Gasteiger partial charge < -0.3 is 9.88 Å². The fraction of sp³-hybridized carbons (Fsp3) is 0.200. The molecule has 1 heterocycles. The number of nitro groups is 1. The number of hydrogen-bond acceptors (Lipinski definition) is 5. The molecule has 0 aliphatic rings. The van der Waals surface area contributed by atoms with Crippen molar-refractivity contribution < 1.29 is 9.72 Å². The smallest absolute Gasteiger partial charge is 0.282 e. The number of hydrogen-bond donors (Lipinski definition) is 1. The number of imidazole rings is 1. The molecule has 8 heteroatoms. The number of nitrogens with one attached hydrogen (secondary N) is 1. The zero-order valence-electron chi connectivity index (χ0n) is 15.4. The summed E-state index contributed by atoms with van der Waals surface area (Å²) in [6.07, 6.45) is 6.01. The van der Waals surface area contributed by atoms with Crippen molar-refractivity contribution >= 4 is 23.4 Å². The Hall–Kier alpha value is -3.13. The summed E-state index contributed by atoms with van der Waals surface area (Å²) in [7, 11) is 0. The highest BCUT2D eigenvalue weighted by Gasteiger charge is 2.20. The maximum absolute atomic E-state index is 12.5. The standard InChI is InChI=1S/C20H20N4O3S/c1-28-16-7-8-18(24(26)27)17(13-16)20(25)22-10-9-19-21-11-12-23(19)14-15-5-3-2-4-6-15/h2-8,11-13H,9-10,14H2,1H3,(H,22,25). The van der Waals surface area contributed by atoms with Gasteiger partial charge >= 0.3 is 0 Å². The molecule has 0 bridgehead atoms. The normalized spacial score (nSPS) is 10.6. The first-order valence-corrected chi connectivity index (χ1v) is 9.95. The summed E-state index contributed by atoms with van der Waals surface area (Å²) in [5.41, 5.74) is 1.04. The van der Waals surface area contributed by atoms with Crippen molar-refractivity contribution in [2.75, 3.05) is 12.8 Å². The van der Waals surface area contributed by atoms with E-state index < -0.39 is 10.8 Å². The lowest BCUT2D eigenvalue weighted by Crippen LogP contribution is -2.27. The van der Waals surface area contributed by atoms with Gasteiger partial charge in [0.15, 0.2) is 0 Å². The van der Waals surface area contributed by atoms with Crippen LogP contribution in [0.25, 0.3) is 0 Å². The number of nitro benzene ring substituents is 1. The van der Waals surface area contributed by atoms with Crippen LogP contribution in [0.3, 0.4) is 0 Å². The van der Waals surface area contributed by atoms with Crippen LogP contribution in [0.4, 0.5) is 5.69 Å². The van der Waals surface area contributed by atoms with E-state index in [0.29, 0.717) is 19.5 Å². The van der Waals surface area contributed by atoms with Gasteiger partial charge in [-0.05, 0) is 24.0 Å². The summed E-state index contributed by atoms with van der Waals surface area (Å²) in [4.78, 5) is 28.3. The van der Waals surface area contributed by atoms with Gasteiger partial charge in [0.05, 0.1) is 4.92 Å². The van der Waals surface area contributed by atoms with Crippen LogP contribution in [0, 0.1) is 10.1 Å². The second-order valence-corrected chi connectivity index (χ2v) is 6.98. The highest BCUT2D eigenvalue weighted by Crippen LogP contribution is 2.24. The lowest BCUT2D eigenvalue weighted by atomic mass is 10.1. The molecular weight excluding hydrogens is 376 g/mol. The van der Waals surface area contributed by atoms with Crippen molar-refractivity contribution in [1.29, 1.82) is 0 Å². The van der Waals surface area contributed by atoms with Crippen molar-refractivity contribution in [3.8, 4) is 0 Å². The Labute approximate surface area is 166 Å². The van der Waals surface area contributed by atoms with Crippen LogP contribution in [0.1, 0.15) is 21.7 Å². The molecule has 0 unspecified atom stereocenters. The zero-order chi connectivity index (χ0) is 19.9. The molecule has 7 nitrogen and oxygen atoms in total. The molecule has 2 aromatic carbocycles. The van der Waals surface area contributed by atoms with Gasteiger partial charge in [0, 0.05) is 42.9 Å². The lowest BCUT2D eigenvalue weighted by molar-refractivity contribution is -0.385. The monoisotopic (exact) mass is 396 g/mol. The minimum atomic E-state index is -0.536. The van der Waals surface area contributed by atoms with Crippen molar-refractivity contribution in [2.24, 2.45) is 0 Å². The summed E-state index contributed by atoms with van der Waals surface area (Å²) >= 11 is 1.43. The zero-order valence-corrected chi connectivity index (χ0v) is 16.2. The molecule has 3 aromatic rings. The number of thioether (sulfide) groups is 1. The molecule has 1 aromatic heterocycles. The van der Waals surface area contributed by atoms with Crippen LogP contribution >= 0.6 is 11.8 Å². The molecule has 0 saturated heterocycles. The Morgan fingerprint density at radius 1 is 1.25 bits per heavy atom. The number of nitrogens with zero attached hydrogens (tertiary/aromatic N) is 3. The molecule has 0 aliphatic carbocycles. The molecule has 3 rings (SSSR count). The van der Waals surface area contributed by atoms with Crippen molar-refractivity contribution in [3.63, 3.8) is 0 Å². The number of benzene rings is 2. The molecule has 0 saturated carbocycles. The lowest BCUT2D eigenvalue weighted by Gasteiger charge is -2.09. The van der Waals surface area contributed by atoms with Gasteiger partial charge in [-0.1, -0.05) is 30.3 Å². The molecule has 1 amide bonds. The third-order valence-corrected chi connectivity index (χ3v) is 5.00. The van der Waals surface area contributed by atoms with E-state index in [1.165, 1.54) is 17.8 Å². The Morgan fingerprint density at radius 3 is 2.75 bits per heavy atom. The highest BCUT2D eigenvalue weighted by atomic mass is 32.2. The van der Waals surface area contributed by atoms with Crippen molar-refractivity contribution in [1.82, 2.24) is 14.9 Å². The molecule has 28 heavy (non-hydrogen) atoms. The molecule has 0 aliphatic heterocycles. The maximum atomic E-state index is 12.5. The van der Waals surface area contributed by atoms with E-state index in [4.69, 9.17) is 0 Å². The first-order chi connectivity index (χ1) is 13.6. The molecule has 0 fully saturated rings. The fourth-order valence-corrected chi connectivity index (χ4v) is 3.30. The Kier molecular flexibility index (Phi) is 6.44. The second-order valence-electron chi connectivity index (χ2n) is 6.10. The summed E-state index contributed by atoms with van der Waals surface area (Å²) in [5.74, 6) is 0.389. The number of aromatic nitrogens is 2. The minimum Gasteiger partial charge on any atom is -0.351 e. The predicted molar refractivity (Wildman–Crippen MR) is 109 cm³/mol. The quantitative estimate of drug-likeness (QED) is 0.357. The van der Waals surface area contributed by atoms with E-state index in [1.54, 1.807) is 18.3 Å². The second kappa shape index (κ2) is 9.18. The van der Waals surface area contributed by atoms with Crippen LogP contribution in [0.15, 0.2) is 65.8 Å². The first-order valence-electron chi connectivity index (χ1n) is 8.73. The van der Waals surface area contributed by atoms with Crippen LogP contribution in [-0.2, 0) is 13.0 Å². The fourth-order valence-electron chi connectivity index (χ4n) is 2.86. The van der Waals surface area contributed by atoms with Gasteiger partial charge in [0.1, 0.15) is 11.4 Å². The third-order valence-electron chi connectivity index (χ3n) is 4.28. The number of amides is 1. The molecule has 1 N–H and O–H groups in total. The molecule has 144 valence electrons. The van der Waals surface area contributed by atoms with Crippen molar-refractivity contribution in [3.05, 3.63) is 88.0 Å². The SMILES string of the molecule is CSc1ccc([N+](=O)[O-])c(C(=O)NCCc2nccn2Cc2ccccc2)c1. The van der Waals surface area contributed by atoms with E-state index in [0.717, 1.165) is 16.3 Å². The predicted octanol–water partition coefficient (Wildman–Crippen LogP) is 3.53. The van der Waals surface area contributed by atoms with Crippen LogP contribution in [0.2, 0.25) is 0 Å². The van der Waals surface area contributed by atoms with Crippen LogP contribution in [-0.4, -0.2) is 33.2 Å². The van der Waals surface area contributed by atoms with Gasteiger partial charge in [0.25, 0.3) is 11.6 Å². The van der Waals surface area contributed by atoms with E-state index >= 15 is 0 Å². The van der Waals surface area contributed by atoms with Gasteiger partial charge in [-0.2, -0.15) is 0 Å². The van der Waals surface area contributed by atoms with Crippen molar-refractivity contribution in [2.45, 2.75) is 17.9 Å². The third kappa shape index (κ3) is 4.77. The topological polar surface area (TPSA) is 90.1 Å². The molecule has 0 radical (unpaired) electrons. The largest absolute Gasteiger partial charge is 0.351 e. The van der Waals surface area contributed by atoms with E-state index in [9.17, 15) is 14.9 Å². The molecular formula is C20H20N4O3S. The Morgan fingerprint density at radius 2 is 2.04 bits per heavy atom. The molecule has 0 spiro atoms. The Bertz CT molecular complexity index is 973. The summed E-state index contributed by atoms with van der Waals surface area (Å²) < 4.78 is 2.03. The summed E-state index contributed by atoms with van der Waals surface area (Å²) in [6, 6.07) is 14.6. The van der Waals surface area contributed by atoms with Gasteiger partial charge in [-0.3, -0.25) is 14.9 Å². The van der Waals surface area contributed by atoms with E-state index in [2.05, 4.69) is 10.3 Å². The minimum absolute atomic E-state index is 0.0736. The summed E-state index contributed by atoms with van der Waals surface area (Å²) in [6.45, 7) is 1.04. The highest BCUT2D eigenvalue weighted by molar-refractivity contribution is 7.98. The number of carbonyl (C=O) groups excluding carboxylic acids is 1. The number of rotatable bonds is 8. The number of carbonyl (C=O) groups is 1. The van der Waals surface area contributed by atoms with E-state index in [1.807, 2.05) is 47.4 Å².